The van der Waals surface area contributed by atoms with Crippen LogP contribution < -0.4 is 0 Å². The lowest BCUT2D eigenvalue weighted by Crippen LogP contribution is -1.99. The summed E-state index contributed by atoms with van der Waals surface area (Å²) in [5.74, 6) is -0.191. The fourth-order valence-electron chi connectivity index (χ4n) is 2.38. The molecule has 1 N–H and O–H groups in total. The van der Waals surface area contributed by atoms with Crippen molar-refractivity contribution in [2.45, 2.75) is 0 Å². The number of carbonyl (C=O) groups is 1. The molecule has 4 rings (SSSR count). The number of hydrogen-bond donors (Lipinski definition) is 1. The third-order valence-electron chi connectivity index (χ3n) is 3.46. The molecule has 2 aromatic heterocycles. The summed E-state index contributed by atoms with van der Waals surface area (Å²) in [4.78, 5) is 15.5. The monoisotopic (exact) mass is 306 g/mol. The molecule has 0 bridgehead atoms. The fourth-order valence-corrected chi connectivity index (χ4v) is 2.38. The van der Waals surface area contributed by atoms with Crippen molar-refractivity contribution in [1.82, 2.24) is 10.1 Å². The normalized spacial score (nSPS) is 11.0. The molecule has 0 radical (unpaired) electrons. The van der Waals surface area contributed by atoms with Gasteiger partial charge in [-0.3, -0.25) is 0 Å². The first kappa shape index (κ1) is 13.3. The number of carboxylic acid groups (broad SMARTS) is 1. The van der Waals surface area contributed by atoms with Crippen molar-refractivity contribution in [3.05, 3.63) is 60.2 Å². The van der Waals surface area contributed by atoms with E-state index in [4.69, 9.17) is 8.94 Å². The van der Waals surface area contributed by atoms with Gasteiger partial charge in [-0.15, -0.1) is 0 Å². The average Bonchev–Trinajstić information content (AvgIpc) is 3.21. The van der Waals surface area contributed by atoms with Crippen molar-refractivity contribution < 1.29 is 18.8 Å². The Morgan fingerprint density at radius 2 is 1.83 bits per heavy atom. The van der Waals surface area contributed by atoms with Gasteiger partial charge >= 0.3 is 5.97 Å². The molecule has 0 fully saturated rings. The van der Waals surface area contributed by atoms with Crippen LogP contribution in [0.4, 0.5) is 0 Å². The summed E-state index contributed by atoms with van der Waals surface area (Å²) in [7, 11) is 0. The van der Waals surface area contributed by atoms with Crippen LogP contribution in [0.25, 0.3) is 34.0 Å². The molecule has 0 aliphatic rings. The molecule has 0 atom stereocenters. The van der Waals surface area contributed by atoms with Crippen LogP contribution >= 0.6 is 0 Å². The molecule has 6 heteroatoms. The molecular weight excluding hydrogens is 296 g/mol. The van der Waals surface area contributed by atoms with E-state index in [0.717, 1.165) is 5.39 Å². The fraction of sp³-hybridized carbons (Fsp3) is 0. The SMILES string of the molecule is O=C(O)c1ccccc1-c1noc(-c2cc3ccccc3o2)n1. The molecule has 2 heterocycles. The van der Waals surface area contributed by atoms with Crippen molar-refractivity contribution in [3.63, 3.8) is 0 Å². The van der Waals surface area contributed by atoms with Gasteiger partial charge in [-0.1, -0.05) is 41.6 Å². The standard InChI is InChI=1S/C17H10N2O4/c20-17(21)12-7-3-2-6-11(12)15-18-16(23-19-15)14-9-10-5-1-4-8-13(10)22-14/h1-9H,(H,20,21). The molecule has 0 saturated carbocycles. The molecule has 23 heavy (non-hydrogen) atoms. The lowest BCUT2D eigenvalue weighted by molar-refractivity contribution is 0.0697. The van der Waals surface area contributed by atoms with E-state index in [-0.39, 0.29) is 17.3 Å². The number of carboxylic acids is 1. The van der Waals surface area contributed by atoms with Gasteiger partial charge in [-0.2, -0.15) is 4.98 Å². The van der Waals surface area contributed by atoms with Crippen molar-refractivity contribution in [3.8, 4) is 23.0 Å². The Labute approximate surface area is 130 Å². The number of benzene rings is 2. The van der Waals surface area contributed by atoms with Gasteiger partial charge in [0.05, 0.1) is 5.56 Å². The van der Waals surface area contributed by atoms with Crippen LogP contribution in [0.3, 0.4) is 0 Å². The van der Waals surface area contributed by atoms with Crippen molar-refractivity contribution in [1.29, 1.82) is 0 Å². The summed E-state index contributed by atoms with van der Waals surface area (Å²) < 4.78 is 10.9. The molecule has 2 aromatic carbocycles. The summed E-state index contributed by atoms with van der Waals surface area (Å²) in [6.45, 7) is 0. The summed E-state index contributed by atoms with van der Waals surface area (Å²) in [6, 6.07) is 15.8. The van der Waals surface area contributed by atoms with Crippen LogP contribution in [0.2, 0.25) is 0 Å². The number of aromatic nitrogens is 2. The van der Waals surface area contributed by atoms with Gasteiger partial charge in [-0.05, 0) is 18.2 Å². The van der Waals surface area contributed by atoms with E-state index in [2.05, 4.69) is 10.1 Å². The maximum atomic E-state index is 11.3. The lowest BCUT2D eigenvalue weighted by atomic mass is 10.1. The van der Waals surface area contributed by atoms with E-state index in [0.29, 0.717) is 16.9 Å². The summed E-state index contributed by atoms with van der Waals surface area (Å²) in [6.07, 6.45) is 0. The molecule has 0 aliphatic carbocycles. The van der Waals surface area contributed by atoms with E-state index in [1.165, 1.54) is 6.07 Å². The van der Waals surface area contributed by atoms with Gasteiger partial charge < -0.3 is 14.0 Å². The van der Waals surface area contributed by atoms with Crippen LogP contribution in [0.5, 0.6) is 0 Å². The van der Waals surface area contributed by atoms with Gasteiger partial charge in [0.25, 0.3) is 5.89 Å². The number of aromatic carboxylic acids is 1. The molecule has 4 aromatic rings. The second-order valence-electron chi connectivity index (χ2n) is 4.92. The highest BCUT2D eigenvalue weighted by molar-refractivity contribution is 5.95. The minimum atomic E-state index is -1.05. The highest BCUT2D eigenvalue weighted by atomic mass is 16.5. The van der Waals surface area contributed by atoms with Crippen LogP contribution in [-0.2, 0) is 0 Å². The van der Waals surface area contributed by atoms with Gasteiger partial charge in [0.15, 0.2) is 5.76 Å². The zero-order chi connectivity index (χ0) is 15.8. The summed E-state index contributed by atoms with van der Waals surface area (Å²) >= 11 is 0. The summed E-state index contributed by atoms with van der Waals surface area (Å²) in [5, 5.41) is 14.0. The van der Waals surface area contributed by atoms with Crippen LogP contribution in [0, 0.1) is 0 Å². The van der Waals surface area contributed by atoms with E-state index < -0.39 is 5.97 Å². The minimum Gasteiger partial charge on any atom is -0.478 e. The van der Waals surface area contributed by atoms with Crippen LogP contribution in [0.15, 0.2) is 63.5 Å². The van der Waals surface area contributed by atoms with E-state index >= 15 is 0 Å². The zero-order valence-electron chi connectivity index (χ0n) is 11.8. The van der Waals surface area contributed by atoms with E-state index in [9.17, 15) is 9.90 Å². The molecular formula is C17H10N2O4. The predicted molar refractivity (Wildman–Crippen MR) is 81.9 cm³/mol. The molecule has 0 unspecified atom stereocenters. The van der Waals surface area contributed by atoms with Gasteiger partial charge in [0.1, 0.15) is 5.58 Å². The number of para-hydroxylation sites is 1. The van der Waals surface area contributed by atoms with Crippen LogP contribution in [-0.4, -0.2) is 21.2 Å². The predicted octanol–water partition coefficient (Wildman–Crippen LogP) is 3.85. The number of hydrogen-bond acceptors (Lipinski definition) is 5. The Hall–Kier alpha value is -3.41. The second kappa shape index (κ2) is 5.10. The van der Waals surface area contributed by atoms with Crippen molar-refractivity contribution in [2.24, 2.45) is 0 Å². The van der Waals surface area contributed by atoms with E-state index in [1.807, 2.05) is 24.3 Å². The Bertz CT molecular complexity index is 983. The first-order valence-electron chi connectivity index (χ1n) is 6.88. The largest absolute Gasteiger partial charge is 0.478 e. The molecule has 6 nitrogen and oxygen atoms in total. The number of furan rings is 1. The molecule has 0 aliphatic heterocycles. The third-order valence-corrected chi connectivity index (χ3v) is 3.46. The zero-order valence-corrected chi connectivity index (χ0v) is 11.8. The Morgan fingerprint density at radius 1 is 1.04 bits per heavy atom. The topological polar surface area (TPSA) is 89.4 Å². The van der Waals surface area contributed by atoms with Crippen molar-refractivity contribution >= 4 is 16.9 Å². The minimum absolute atomic E-state index is 0.115. The van der Waals surface area contributed by atoms with E-state index in [1.54, 1.807) is 24.3 Å². The Kier molecular flexibility index (Phi) is 2.94. The average molecular weight is 306 g/mol. The summed E-state index contributed by atoms with van der Waals surface area (Å²) in [5.41, 5.74) is 1.23. The maximum Gasteiger partial charge on any atom is 0.336 e. The lowest BCUT2D eigenvalue weighted by Gasteiger charge is -1.99. The highest BCUT2D eigenvalue weighted by Gasteiger charge is 2.18. The van der Waals surface area contributed by atoms with Crippen LogP contribution in [0.1, 0.15) is 10.4 Å². The third kappa shape index (κ3) is 2.26. The number of rotatable bonds is 3. The van der Waals surface area contributed by atoms with Crippen molar-refractivity contribution in [2.75, 3.05) is 0 Å². The first-order chi connectivity index (χ1) is 11.2. The number of nitrogens with zero attached hydrogens (tertiary/aromatic N) is 2. The molecule has 0 amide bonds. The first-order valence-corrected chi connectivity index (χ1v) is 6.88. The van der Waals surface area contributed by atoms with Gasteiger partial charge in [-0.25, -0.2) is 4.79 Å². The van der Waals surface area contributed by atoms with Gasteiger partial charge in [0.2, 0.25) is 5.82 Å². The second-order valence-corrected chi connectivity index (χ2v) is 4.92. The Morgan fingerprint density at radius 3 is 2.65 bits per heavy atom. The van der Waals surface area contributed by atoms with Gasteiger partial charge in [0, 0.05) is 10.9 Å². The maximum absolute atomic E-state index is 11.3. The molecule has 0 saturated heterocycles. The highest BCUT2D eigenvalue weighted by Crippen LogP contribution is 2.29. The number of fused-ring (bicyclic) bond motifs is 1. The smallest absolute Gasteiger partial charge is 0.336 e. The molecule has 0 spiro atoms. The Balaban J connectivity index is 1.79. The molecule has 112 valence electrons. The quantitative estimate of drug-likeness (QED) is 0.618.